The lowest BCUT2D eigenvalue weighted by molar-refractivity contribution is -0.242. The number of nitrogens with one attached hydrogen (secondary N) is 2. The second-order valence-corrected chi connectivity index (χ2v) is 7.87. The summed E-state index contributed by atoms with van der Waals surface area (Å²) in [5.74, 6) is -2.39. The van der Waals surface area contributed by atoms with E-state index in [9.17, 15) is 35.9 Å². The summed E-state index contributed by atoms with van der Waals surface area (Å²) in [4.78, 5) is 11.4. The van der Waals surface area contributed by atoms with Crippen molar-refractivity contribution in [1.82, 2.24) is 0 Å². The van der Waals surface area contributed by atoms with Crippen molar-refractivity contribution in [1.29, 1.82) is 0 Å². The highest BCUT2D eigenvalue weighted by molar-refractivity contribution is 7.92. The highest BCUT2D eigenvalue weighted by Crippen LogP contribution is 2.33. The molecule has 2 aromatic rings. The van der Waals surface area contributed by atoms with Crippen LogP contribution in [0, 0.1) is 5.82 Å². The molecule has 0 aliphatic heterocycles. The van der Waals surface area contributed by atoms with Crippen molar-refractivity contribution in [2.24, 2.45) is 0 Å². The number of anilines is 2. The largest absolute Gasteiger partial charge is 0.426 e. The molecule has 2 aromatic carbocycles. The number of sulfonamides is 1. The molecule has 0 aliphatic carbocycles. The van der Waals surface area contributed by atoms with E-state index in [-0.39, 0.29) is 28.2 Å². The maximum atomic E-state index is 12.9. The van der Waals surface area contributed by atoms with Crippen molar-refractivity contribution in [3.05, 3.63) is 53.3 Å². The van der Waals surface area contributed by atoms with E-state index in [4.69, 9.17) is 11.6 Å². The first-order chi connectivity index (χ1) is 12.7. The third-order valence-electron chi connectivity index (χ3n) is 3.59. The molecular weight excluding hydrogens is 428 g/mol. The Morgan fingerprint density at radius 1 is 1.11 bits per heavy atom. The van der Waals surface area contributed by atoms with E-state index in [2.05, 4.69) is 4.72 Å². The fraction of sp³-hybridized carbons (Fsp3) is 0.188. The van der Waals surface area contributed by atoms with Crippen LogP contribution in [0.4, 0.5) is 28.9 Å². The van der Waals surface area contributed by atoms with Crippen LogP contribution in [-0.4, -0.2) is 31.2 Å². The average molecular weight is 441 g/mol. The summed E-state index contributed by atoms with van der Waals surface area (Å²) in [7, 11) is -4.08. The zero-order valence-electron chi connectivity index (χ0n) is 14.0. The lowest BCUT2D eigenvalue weighted by Gasteiger charge is -2.25. The van der Waals surface area contributed by atoms with Gasteiger partial charge in [0, 0.05) is 0 Å². The molecular formula is C16H13ClF4N2O4S. The van der Waals surface area contributed by atoms with E-state index < -0.39 is 33.5 Å². The lowest BCUT2D eigenvalue weighted by atomic mass is 10.1. The lowest BCUT2D eigenvalue weighted by Crippen LogP contribution is -2.52. The number of hydrogen-bond acceptors (Lipinski definition) is 4. The summed E-state index contributed by atoms with van der Waals surface area (Å²) in [6.07, 6.45) is -5.21. The predicted molar refractivity (Wildman–Crippen MR) is 94.0 cm³/mol. The Balaban J connectivity index is 2.20. The molecule has 0 radical (unpaired) electrons. The molecule has 152 valence electrons. The van der Waals surface area contributed by atoms with Gasteiger partial charge in [-0.1, -0.05) is 11.6 Å². The Morgan fingerprint density at radius 3 is 2.18 bits per heavy atom. The molecule has 0 saturated carbocycles. The smallest absolute Gasteiger partial charge is 0.373 e. The highest BCUT2D eigenvalue weighted by Gasteiger charge is 2.55. The first kappa shape index (κ1) is 21.9. The summed E-state index contributed by atoms with van der Waals surface area (Å²) in [6.45, 7) is 0.279. The molecule has 0 spiro atoms. The molecule has 1 amide bonds. The Morgan fingerprint density at radius 2 is 1.68 bits per heavy atom. The van der Waals surface area contributed by atoms with Crippen molar-refractivity contribution in [3.63, 3.8) is 0 Å². The van der Waals surface area contributed by atoms with Crippen molar-refractivity contribution in [2.45, 2.75) is 23.6 Å². The molecule has 2 rings (SSSR count). The van der Waals surface area contributed by atoms with E-state index in [1.807, 2.05) is 5.32 Å². The van der Waals surface area contributed by atoms with Crippen LogP contribution in [0.5, 0.6) is 0 Å². The highest BCUT2D eigenvalue weighted by atomic mass is 35.5. The van der Waals surface area contributed by atoms with Crippen LogP contribution >= 0.6 is 11.6 Å². The SMILES string of the molecule is C[C@@](O)(C(=O)Nc1ccc(NS(=O)(=O)c2ccc(F)cc2)cc1Cl)C(F)(F)F. The van der Waals surface area contributed by atoms with E-state index in [0.717, 1.165) is 42.5 Å². The molecule has 28 heavy (non-hydrogen) atoms. The van der Waals surface area contributed by atoms with Gasteiger partial charge in [0.25, 0.3) is 15.9 Å². The minimum atomic E-state index is -5.21. The molecule has 0 heterocycles. The zero-order valence-corrected chi connectivity index (χ0v) is 15.6. The third kappa shape index (κ3) is 4.72. The minimum Gasteiger partial charge on any atom is -0.373 e. The van der Waals surface area contributed by atoms with Crippen molar-refractivity contribution in [2.75, 3.05) is 10.0 Å². The Bertz CT molecular complexity index is 993. The van der Waals surface area contributed by atoms with Crippen LogP contribution in [-0.2, 0) is 14.8 Å². The maximum absolute atomic E-state index is 12.9. The summed E-state index contributed by atoms with van der Waals surface area (Å²) in [5.41, 5.74) is -3.99. The van der Waals surface area contributed by atoms with Crippen molar-refractivity contribution in [3.8, 4) is 0 Å². The topological polar surface area (TPSA) is 95.5 Å². The van der Waals surface area contributed by atoms with Gasteiger partial charge in [0.15, 0.2) is 0 Å². The van der Waals surface area contributed by atoms with Gasteiger partial charge in [-0.3, -0.25) is 9.52 Å². The normalized spacial score (nSPS) is 14.2. The molecule has 0 bridgehead atoms. The fourth-order valence-corrected chi connectivity index (χ4v) is 3.16. The molecule has 0 unspecified atom stereocenters. The fourth-order valence-electron chi connectivity index (χ4n) is 1.88. The Kier molecular flexibility index (Phi) is 5.93. The first-order valence-electron chi connectivity index (χ1n) is 7.42. The molecule has 0 fully saturated rings. The van der Waals surface area contributed by atoms with Crippen LogP contribution < -0.4 is 10.0 Å². The number of halogens is 5. The Labute approximate surface area is 162 Å². The maximum Gasteiger partial charge on any atom is 0.426 e. The quantitative estimate of drug-likeness (QED) is 0.620. The molecule has 0 aromatic heterocycles. The Hall–Kier alpha value is -2.37. The van der Waals surface area contributed by atoms with E-state index in [0.29, 0.717) is 0 Å². The van der Waals surface area contributed by atoms with E-state index in [1.54, 1.807) is 0 Å². The number of benzene rings is 2. The van der Waals surface area contributed by atoms with Gasteiger partial charge in [0.2, 0.25) is 5.60 Å². The van der Waals surface area contributed by atoms with Crippen LogP contribution in [0.25, 0.3) is 0 Å². The standard InChI is InChI=1S/C16H13ClF4N2O4S/c1-15(25,16(19,20)21)14(24)22-13-7-4-10(8-12(13)17)23-28(26,27)11-5-2-9(18)3-6-11/h2-8,23,25H,1H3,(H,22,24)/t15-/m1/s1. The number of aliphatic hydroxyl groups is 1. The molecule has 0 saturated heterocycles. The van der Waals surface area contributed by atoms with Gasteiger partial charge in [-0.2, -0.15) is 13.2 Å². The molecule has 3 N–H and O–H groups in total. The summed E-state index contributed by atoms with van der Waals surface area (Å²) < 4.78 is 77.5. The summed E-state index contributed by atoms with van der Waals surface area (Å²) in [6, 6.07) is 7.19. The predicted octanol–water partition coefficient (Wildman–Crippen LogP) is 3.53. The van der Waals surface area contributed by atoms with Gasteiger partial charge < -0.3 is 10.4 Å². The molecule has 1 atom stereocenters. The molecule has 12 heteroatoms. The van der Waals surface area contributed by atoms with Crippen LogP contribution in [0.3, 0.4) is 0 Å². The summed E-state index contributed by atoms with van der Waals surface area (Å²) in [5, 5.41) is 10.9. The van der Waals surface area contributed by atoms with Gasteiger partial charge in [-0.05, 0) is 49.4 Å². The van der Waals surface area contributed by atoms with Crippen LogP contribution in [0.1, 0.15) is 6.92 Å². The third-order valence-corrected chi connectivity index (χ3v) is 5.30. The molecule has 6 nitrogen and oxygen atoms in total. The summed E-state index contributed by atoms with van der Waals surface area (Å²) >= 11 is 5.87. The monoisotopic (exact) mass is 440 g/mol. The van der Waals surface area contributed by atoms with E-state index in [1.165, 1.54) is 0 Å². The zero-order chi connectivity index (χ0) is 21.3. The van der Waals surface area contributed by atoms with Gasteiger partial charge in [0.1, 0.15) is 5.82 Å². The number of carbonyl (C=O) groups is 1. The second-order valence-electron chi connectivity index (χ2n) is 5.78. The first-order valence-corrected chi connectivity index (χ1v) is 9.28. The average Bonchev–Trinajstić information content (AvgIpc) is 2.56. The number of rotatable bonds is 5. The van der Waals surface area contributed by atoms with Gasteiger partial charge in [-0.15, -0.1) is 0 Å². The van der Waals surface area contributed by atoms with Crippen LogP contribution in [0.2, 0.25) is 5.02 Å². The number of alkyl halides is 3. The van der Waals surface area contributed by atoms with E-state index >= 15 is 0 Å². The van der Waals surface area contributed by atoms with Crippen molar-refractivity contribution >= 4 is 38.9 Å². The minimum absolute atomic E-state index is 0.0603. The van der Waals surface area contributed by atoms with Gasteiger partial charge in [0.05, 0.1) is 21.3 Å². The number of amides is 1. The van der Waals surface area contributed by atoms with Gasteiger partial charge >= 0.3 is 6.18 Å². The number of hydrogen-bond donors (Lipinski definition) is 3. The van der Waals surface area contributed by atoms with Gasteiger partial charge in [-0.25, -0.2) is 12.8 Å². The molecule has 0 aliphatic rings. The van der Waals surface area contributed by atoms with Crippen LogP contribution in [0.15, 0.2) is 47.4 Å². The number of carbonyl (C=O) groups excluding carboxylic acids is 1. The second kappa shape index (κ2) is 7.57. The van der Waals surface area contributed by atoms with Crippen molar-refractivity contribution < 1.29 is 35.9 Å².